The van der Waals surface area contributed by atoms with Crippen LogP contribution in [0.3, 0.4) is 0 Å². The van der Waals surface area contributed by atoms with Crippen LogP contribution < -0.4 is 16.0 Å². The lowest BCUT2D eigenvalue weighted by Gasteiger charge is -2.37. The monoisotopic (exact) mass is 547 g/mol. The zero-order valence-corrected chi connectivity index (χ0v) is 23.7. The van der Waals surface area contributed by atoms with Gasteiger partial charge in [0, 0.05) is 41.4 Å². The molecule has 37 heavy (non-hydrogen) atoms. The number of nitrogens with one attached hydrogen (secondary N) is 1. The summed E-state index contributed by atoms with van der Waals surface area (Å²) in [5.41, 5.74) is 8.19. The van der Waals surface area contributed by atoms with E-state index >= 15 is 0 Å². The van der Waals surface area contributed by atoms with Gasteiger partial charge in [0.1, 0.15) is 5.75 Å². The second-order valence-electron chi connectivity index (χ2n) is 10.4. The Bertz CT molecular complexity index is 1270. The van der Waals surface area contributed by atoms with Gasteiger partial charge in [0.05, 0.1) is 12.7 Å². The van der Waals surface area contributed by atoms with Crippen LogP contribution in [0.2, 0.25) is 18.1 Å². The van der Waals surface area contributed by atoms with Gasteiger partial charge >= 0.3 is 10.9 Å². The van der Waals surface area contributed by atoms with Crippen molar-refractivity contribution < 1.29 is 18.6 Å². The number of aromatic nitrogens is 2. The summed E-state index contributed by atoms with van der Waals surface area (Å²) in [7, 11) is -2.16. The normalized spacial score (nSPS) is 21.8. The van der Waals surface area contributed by atoms with Crippen LogP contribution in [0.15, 0.2) is 51.2 Å². The van der Waals surface area contributed by atoms with Crippen LogP contribution in [0, 0.1) is 12.8 Å². The number of hydrogen-bond acceptors (Lipinski definition) is 8. The van der Waals surface area contributed by atoms with Gasteiger partial charge in [-0.25, -0.2) is 4.79 Å². The minimum Gasteiger partial charge on any atom is -0.448 e. The number of hydrogen-bond donors (Lipinski definition) is 1. The molecule has 11 nitrogen and oxygen atoms in total. The minimum atomic E-state index is -2.16. The van der Waals surface area contributed by atoms with E-state index < -0.39 is 43.9 Å². The van der Waals surface area contributed by atoms with Gasteiger partial charge in [0.15, 0.2) is 20.6 Å². The molecule has 0 aliphatic carbocycles. The largest absolute Gasteiger partial charge is 0.448 e. The molecule has 4 atom stereocenters. The fraction of sp³-hybridized carbons (Fsp3) is 0.542. The van der Waals surface area contributed by atoms with Crippen LogP contribution in [-0.2, 0) is 13.9 Å². The standard InChI is InChI=1S/C24H33N5O6SSi/c1-15-13-29(22(31)27-20(15)30)21-19(35-23(36)33-16-10-8-7-9-11-16)17(12-26-28-25)18(34-21)14-32-37(5,6)24(2,3)4/h7-11,13,17-19,21H,12,14H2,1-6H3,(H,27,30,31)/t17-,18-,19-,21-/m1/s1. The summed E-state index contributed by atoms with van der Waals surface area (Å²) >= 11 is 5.36. The maximum Gasteiger partial charge on any atom is 0.358 e. The van der Waals surface area contributed by atoms with Crippen LogP contribution in [0.25, 0.3) is 10.4 Å². The summed E-state index contributed by atoms with van der Waals surface area (Å²) in [5, 5.41) is 3.54. The third kappa shape index (κ3) is 6.87. The first kappa shape index (κ1) is 28.6. The second kappa shape index (κ2) is 11.6. The van der Waals surface area contributed by atoms with E-state index in [1.54, 1.807) is 31.2 Å². The summed E-state index contributed by atoms with van der Waals surface area (Å²) in [6.45, 7) is 12.4. The van der Waals surface area contributed by atoms with E-state index in [-0.39, 0.29) is 23.4 Å². The summed E-state index contributed by atoms with van der Waals surface area (Å²) in [6, 6.07) is 8.87. The smallest absolute Gasteiger partial charge is 0.358 e. The highest BCUT2D eigenvalue weighted by atomic mass is 32.1. The molecule has 1 aromatic carbocycles. The Morgan fingerprint density at radius 1 is 1.27 bits per heavy atom. The fourth-order valence-corrected chi connectivity index (χ4v) is 4.89. The second-order valence-corrected chi connectivity index (χ2v) is 15.6. The van der Waals surface area contributed by atoms with Crippen molar-refractivity contribution in [3.05, 3.63) is 73.4 Å². The molecule has 1 saturated heterocycles. The van der Waals surface area contributed by atoms with Gasteiger partial charge in [0.2, 0.25) is 0 Å². The Morgan fingerprint density at radius 3 is 2.57 bits per heavy atom. The number of ether oxygens (including phenoxy) is 3. The number of aromatic amines is 1. The molecule has 1 N–H and O–H groups in total. The molecule has 13 heteroatoms. The molecule has 0 unspecified atom stereocenters. The number of para-hydroxylation sites is 1. The highest BCUT2D eigenvalue weighted by Crippen LogP contribution is 2.40. The van der Waals surface area contributed by atoms with Crippen LogP contribution in [0.4, 0.5) is 0 Å². The number of rotatable bonds is 8. The molecule has 3 rings (SSSR count). The van der Waals surface area contributed by atoms with E-state index in [4.69, 9.17) is 36.4 Å². The zero-order valence-electron chi connectivity index (χ0n) is 21.8. The van der Waals surface area contributed by atoms with Gasteiger partial charge in [-0.15, -0.1) is 0 Å². The highest BCUT2D eigenvalue weighted by molar-refractivity contribution is 7.79. The zero-order chi connectivity index (χ0) is 27.4. The summed E-state index contributed by atoms with van der Waals surface area (Å²) in [4.78, 5) is 30.0. The quantitative estimate of drug-likeness (QED) is 0.169. The van der Waals surface area contributed by atoms with Crippen molar-refractivity contribution in [2.24, 2.45) is 11.0 Å². The first-order valence-electron chi connectivity index (χ1n) is 11.9. The van der Waals surface area contributed by atoms with Crippen LogP contribution in [-0.4, -0.2) is 48.5 Å². The highest BCUT2D eigenvalue weighted by Gasteiger charge is 2.49. The van der Waals surface area contributed by atoms with Gasteiger partial charge in [-0.3, -0.25) is 14.3 Å². The average molecular weight is 548 g/mol. The Balaban J connectivity index is 1.97. The predicted octanol–water partition coefficient (Wildman–Crippen LogP) is 4.44. The molecule has 0 amide bonds. The Kier molecular flexibility index (Phi) is 8.98. The minimum absolute atomic E-state index is 0.00817. The SMILES string of the molecule is Cc1cn([C@@H]2O[C@H](CO[Si](C)(C)C(C)(C)C)[C@@H](CN=[N+]=[N-])[C@H]2OC(=S)Oc2ccccc2)c(=O)[nH]c1=O. The molecule has 0 bridgehead atoms. The van der Waals surface area contributed by atoms with Gasteiger partial charge in [0.25, 0.3) is 5.56 Å². The third-order valence-corrected chi connectivity index (χ3v) is 11.5. The van der Waals surface area contributed by atoms with Gasteiger partial charge in [-0.2, -0.15) is 0 Å². The maximum atomic E-state index is 12.8. The molecule has 2 heterocycles. The van der Waals surface area contributed by atoms with Crippen LogP contribution in [0.5, 0.6) is 5.75 Å². The molecule has 0 saturated carbocycles. The molecule has 1 aromatic heterocycles. The molecule has 1 fully saturated rings. The lowest BCUT2D eigenvalue weighted by Crippen LogP contribution is -2.44. The van der Waals surface area contributed by atoms with E-state index in [0.717, 1.165) is 0 Å². The molecule has 1 aliphatic rings. The molecule has 2 aromatic rings. The molecule has 1 aliphatic heterocycles. The van der Waals surface area contributed by atoms with Crippen molar-refractivity contribution in [2.45, 2.75) is 64.3 Å². The van der Waals surface area contributed by atoms with E-state index in [9.17, 15) is 9.59 Å². The van der Waals surface area contributed by atoms with E-state index in [0.29, 0.717) is 11.3 Å². The lowest BCUT2D eigenvalue weighted by molar-refractivity contribution is -0.0514. The number of azide groups is 1. The predicted molar refractivity (Wildman–Crippen MR) is 145 cm³/mol. The van der Waals surface area contributed by atoms with Crippen LogP contribution in [0.1, 0.15) is 32.6 Å². The number of thiocarbonyl (C=S) groups is 1. The Labute approximate surface area is 221 Å². The molecule has 0 radical (unpaired) electrons. The molecular weight excluding hydrogens is 514 g/mol. The number of aryl methyl sites for hydroxylation is 1. The van der Waals surface area contributed by atoms with Gasteiger partial charge < -0.3 is 18.6 Å². The number of H-pyrrole nitrogens is 1. The number of benzene rings is 1. The first-order valence-corrected chi connectivity index (χ1v) is 15.2. The summed E-state index contributed by atoms with van der Waals surface area (Å²) in [6.07, 6.45) is -1.05. The third-order valence-electron chi connectivity index (χ3n) is 6.86. The van der Waals surface area contributed by atoms with Crippen molar-refractivity contribution >= 4 is 25.8 Å². The fourth-order valence-electron chi connectivity index (χ4n) is 3.67. The molecule has 0 spiro atoms. The Morgan fingerprint density at radius 2 is 1.95 bits per heavy atom. The van der Waals surface area contributed by atoms with Crippen LogP contribution >= 0.6 is 12.2 Å². The lowest BCUT2D eigenvalue weighted by atomic mass is 9.98. The van der Waals surface area contributed by atoms with Crippen molar-refractivity contribution in [2.75, 3.05) is 13.2 Å². The van der Waals surface area contributed by atoms with E-state index in [1.807, 2.05) is 6.07 Å². The van der Waals surface area contributed by atoms with Crippen molar-refractivity contribution in [3.8, 4) is 5.75 Å². The number of nitrogens with zero attached hydrogens (tertiary/aromatic N) is 4. The van der Waals surface area contributed by atoms with E-state index in [2.05, 4.69) is 48.9 Å². The van der Waals surface area contributed by atoms with Gasteiger partial charge in [-0.1, -0.05) is 44.1 Å². The summed E-state index contributed by atoms with van der Waals surface area (Å²) in [5.74, 6) is -0.0495. The van der Waals surface area contributed by atoms with E-state index in [1.165, 1.54) is 10.8 Å². The summed E-state index contributed by atoms with van der Waals surface area (Å²) < 4.78 is 25.7. The maximum absolute atomic E-state index is 12.8. The van der Waals surface area contributed by atoms with Gasteiger partial charge in [-0.05, 0) is 42.7 Å². The first-order chi connectivity index (χ1) is 17.3. The van der Waals surface area contributed by atoms with Crippen molar-refractivity contribution in [3.63, 3.8) is 0 Å². The Hall–Kier alpha value is -2.96. The molecule has 200 valence electrons. The van der Waals surface area contributed by atoms with Crippen molar-refractivity contribution in [1.82, 2.24) is 9.55 Å². The molecular formula is C24H33N5O6SSi. The topological polar surface area (TPSA) is 141 Å². The average Bonchev–Trinajstić information content (AvgIpc) is 3.15. The van der Waals surface area contributed by atoms with Crippen molar-refractivity contribution in [1.29, 1.82) is 0 Å².